The van der Waals surface area contributed by atoms with Gasteiger partial charge in [0.1, 0.15) is 5.52 Å². The summed E-state index contributed by atoms with van der Waals surface area (Å²) in [5.41, 5.74) is 3.29. The van der Waals surface area contributed by atoms with Crippen LogP contribution in [0.3, 0.4) is 0 Å². The van der Waals surface area contributed by atoms with E-state index in [2.05, 4.69) is 37.1 Å². The maximum Gasteiger partial charge on any atom is 0.323 e. The van der Waals surface area contributed by atoms with E-state index in [0.717, 1.165) is 22.4 Å². The monoisotopic (exact) mass is 388 g/mol. The van der Waals surface area contributed by atoms with Crippen LogP contribution in [0.25, 0.3) is 22.6 Å². The van der Waals surface area contributed by atoms with Gasteiger partial charge >= 0.3 is 6.01 Å². The molecular formula is C21H20N6O2. The van der Waals surface area contributed by atoms with Crippen molar-refractivity contribution < 1.29 is 9.15 Å². The molecule has 8 heteroatoms. The van der Waals surface area contributed by atoms with Crippen LogP contribution in [-0.4, -0.2) is 33.1 Å². The van der Waals surface area contributed by atoms with Crippen LogP contribution in [0.4, 0.5) is 17.6 Å². The number of benzene rings is 2. The van der Waals surface area contributed by atoms with Gasteiger partial charge < -0.3 is 19.8 Å². The number of para-hydroxylation sites is 2. The van der Waals surface area contributed by atoms with Gasteiger partial charge in [-0.25, -0.2) is 4.98 Å². The van der Waals surface area contributed by atoms with Gasteiger partial charge in [-0.1, -0.05) is 18.2 Å². The number of oxazole rings is 1. The zero-order valence-electron chi connectivity index (χ0n) is 15.9. The number of nitrogens with one attached hydrogen (secondary N) is 2. The van der Waals surface area contributed by atoms with Crippen molar-refractivity contribution in [2.45, 2.75) is 6.92 Å². The van der Waals surface area contributed by atoms with Gasteiger partial charge in [-0.15, -0.1) is 6.58 Å². The molecule has 2 aromatic carbocycles. The van der Waals surface area contributed by atoms with Gasteiger partial charge in [0.2, 0.25) is 17.8 Å². The lowest BCUT2D eigenvalue weighted by Gasteiger charge is -2.09. The molecule has 146 valence electrons. The van der Waals surface area contributed by atoms with E-state index in [1.54, 1.807) is 6.08 Å². The third-order valence-electron chi connectivity index (χ3n) is 3.97. The standard InChI is InChI=1S/C21H20N6O2/c1-3-13-22-19-25-20(27-21(26-19)28-4-2)23-15-11-9-14(10-12-15)18-24-16-7-5-6-8-17(16)29-18/h3,5-12H,1,4,13H2,2H3,(H2,22,23,25,26,27). The molecule has 0 atom stereocenters. The van der Waals surface area contributed by atoms with Crippen LogP contribution in [0, 0.1) is 0 Å². The third-order valence-corrected chi connectivity index (χ3v) is 3.97. The van der Waals surface area contributed by atoms with Crippen LogP contribution in [-0.2, 0) is 0 Å². The molecule has 0 spiro atoms. The molecule has 8 nitrogen and oxygen atoms in total. The summed E-state index contributed by atoms with van der Waals surface area (Å²) in [5.74, 6) is 1.37. The second-order valence-electron chi connectivity index (χ2n) is 6.06. The first-order chi connectivity index (χ1) is 14.2. The zero-order valence-corrected chi connectivity index (χ0v) is 15.9. The summed E-state index contributed by atoms with van der Waals surface area (Å²) in [6.45, 7) is 6.55. The molecule has 0 fully saturated rings. The molecule has 0 saturated carbocycles. The number of hydrogen-bond donors (Lipinski definition) is 2. The van der Waals surface area contributed by atoms with Gasteiger partial charge in [0, 0.05) is 17.8 Å². The van der Waals surface area contributed by atoms with Crippen molar-refractivity contribution in [3.05, 3.63) is 61.2 Å². The predicted octanol–water partition coefficient (Wildman–Crippen LogP) is 4.42. The maximum absolute atomic E-state index is 5.81. The van der Waals surface area contributed by atoms with Crippen LogP contribution in [0.5, 0.6) is 6.01 Å². The van der Waals surface area contributed by atoms with Crippen molar-refractivity contribution >= 4 is 28.7 Å². The van der Waals surface area contributed by atoms with Gasteiger partial charge in [-0.3, -0.25) is 0 Å². The first kappa shape index (κ1) is 18.4. The number of hydrogen-bond acceptors (Lipinski definition) is 8. The lowest BCUT2D eigenvalue weighted by molar-refractivity contribution is 0.312. The Hall–Kier alpha value is -3.94. The number of nitrogens with zero attached hydrogens (tertiary/aromatic N) is 4. The summed E-state index contributed by atoms with van der Waals surface area (Å²) in [6, 6.07) is 15.6. The molecule has 0 aliphatic rings. The molecule has 2 aromatic heterocycles. The molecule has 4 aromatic rings. The Morgan fingerprint density at radius 1 is 1.00 bits per heavy atom. The van der Waals surface area contributed by atoms with Crippen molar-refractivity contribution in [2.75, 3.05) is 23.8 Å². The molecule has 2 heterocycles. The normalized spacial score (nSPS) is 10.7. The topological polar surface area (TPSA) is 98.0 Å². The van der Waals surface area contributed by atoms with Gasteiger partial charge in [-0.2, -0.15) is 15.0 Å². The first-order valence-electron chi connectivity index (χ1n) is 9.22. The summed E-state index contributed by atoms with van der Waals surface area (Å²) in [4.78, 5) is 17.4. The number of fused-ring (bicyclic) bond motifs is 1. The Kier molecular flexibility index (Phi) is 5.33. The van der Waals surface area contributed by atoms with E-state index in [1.807, 2.05) is 55.5 Å². The second-order valence-corrected chi connectivity index (χ2v) is 6.06. The molecule has 4 rings (SSSR count). The smallest absolute Gasteiger partial charge is 0.323 e. The molecule has 0 unspecified atom stereocenters. The number of rotatable bonds is 8. The fraction of sp³-hybridized carbons (Fsp3) is 0.143. The summed E-state index contributed by atoms with van der Waals surface area (Å²) in [7, 11) is 0. The molecule has 0 bridgehead atoms. The molecule has 0 radical (unpaired) electrons. The van der Waals surface area contributed by atoms with Gasteiger partial charge in [0.05, 0.1) is 6.61 Å². The van der Waals surface area contributed by atoms with Crippen molar-refractivity contribution in [3.8, 4) is 17.5 Å². The van der Waals surface area contributed by atoms with Gasteiger partial charge in [0.15, 0.2) is 5.58 Å². The summed E-state index contributed by atoms with van der Waals surface area (Å²) >= 11 is 0. The Morgan fingerprint density at radius 3 is 2.55 bits per heavy atom. The van der Waals surface area contributed by atoms with E-state index < -0.39 is 0 Å². The lowest BCUT2D eigenvalue weighted by Crippen LogP contribution is -2.09. The Morgan fingerprint density at radius 2 is 1.79 bits per heavy atom. The van der Waals surface area contributed by atoms with E-state index in [0.29, 0.717) is 30.9 Å². The minimum Gasteiger partial charge on any atom is -0.464 e. The number of ether oxygens (including phenoxy) is 1. The SMILES string of the molecule is C=CCNc1nc(Nc2ccc(-c3nc4ccccc4o3)cc2)nc(OCC)n1. The van der Waals surface area contributed by atoms with Crippen molar-refractivity contribution in [2.24, 2.45) is 0 Å². The Labute approximate surface area is 167 Å². The van der Waals surface area contributed by atoms with Crippen molar-refractivity contribution in [1.82, 2.24) is 19.9 Å². The van der Waals surface area contributed by atoms with Gasteiger partial charge in [0.25, 0.3) is 0 Å². The second kappa shape index (κ2) is 8.39. The maximum atomic E-state index is 5.81. The van der Waals surface area contributed by atoms with E-state index in [1.165, 1.54) is 0 Å². The van der Waals surface area contributed by atoms with Crippen LogP contribution < -0.4 is 15.4 Å². The van der Waals surface area contributed by atoms with Crippen LogP contribution >= 0.6 is 0 Å². The lowest BCUT2D eigenvalue weighted by atomic mass is 10.2. The highest BCUT2D eigenvalue weighted by Gasteiger charge is 2.10. The van der Waals surface area contributed by atoms with Crippen molar-refractivity contribution in [1.29, 1.82) is 0 Å². The predicted molar refractivity (Wildman–Crippen MR) is 112 cm³/mol. The van der Waals surface area contributed by atoms with Crippen LogP contribution in [0.15, 0.2) is 65.6 Å². The highest BCUT2D eigenvalue weighted by molar-refractivity contribution is 5.76. The molecule has 0 amide bonds. The van der Waals surface area contributed by atoms with E-state index in [-0.39, 0.29) is 6.01 Å². The fourth-order valence-corrected chi connectivity index (χ4v) is 2.67. The first-order valence-corrected chi connectivity index (χ1v) is 9.22. The van der Waals surface area contributed by atoms with E-state index in [9.17, 15) is 0 Å². The number of aromatic nitrogens is 4. The minimum absolute atomic E-state index is 0.250. The summed E-state index contributed by atoms with van der Waals surface area (Å²) < 4.78 is 11.2. The molecule has 0 aliphatic carbocycles. The summed E-state index contributed by atoms with van der Waals surface area (Å²) in [5, 5.41) is 6.21. The molecule has 29 heavy (non-hydrogen) atoms. The van der Waals surface area contributed by atoms with Crippen LogP contribution in [0.1, 0.15) is 6.92 Å². The molecule has 2 N–H and O–H groups in total. The van der Waals surface area contributed by atoms with Gasteiger partial charge in [-0.05, 0) is 43.3 Å². The molecular weight excluding hydrogens is 368 g/mol. The Bertz CT molecular complexity index is 1090. The third kappa shape index (κ3) is 4.32. The highest BCUT2D eigenvalue weighted by Crippen LogP contribution is 2.26. The zero-order chi connectivity index (χ0) is 20.1. The van der Waals surface area contributed by atoms with Crippen LogP contribution in [0.2, 0.25) is 0 Å². The largest absolute Gasteiger partial charge is 0.464 e. The average Bonchev–Trinajstić information content (AvgIpc) is 3.17. The minimum atomic E-state index is 0.250. The fourth-order valence-electron chi connectivity index (χ4n) is 2.67. The Balaban J connectivity index is 1.54. The average molecular weight is 388 g/mol. The highest BCUT2D eigenvalue weighted by atomic mass is 16.5. The van der Waals surface area contributed by atoms with E-state index >= 15 is 0 Å². The van der Waals surface area contributed by atoms with Crippen molar-refractivity contribution in [3.63, 3.8) is 0 Å². The molecule has 0 saturated heterocycles. The quantitative estimate of drug-likeness (QED) is 0.428. The van der Waals surface area contributed by atoms with E-state index in [4.69, 9.17) is 9.15 Å². The molecule has 0 aliphatic heterocycles. The summed E-state index contributed by atoms with van der Waals surface area (Å²) in [6.07, 6.45) is 1.72. The number of anilines is 3.